The first-order valence-electron chi connectivity index (χ1n) is 10.8. The molecule has 9 heteroatoms. The average Bonchev–Trinajstić information content (AvgIpc) is 3.52. The number of rotatable bonds is 6. The minimum atomic E-state index is 0.00521. The van der Waals surface area contributed by atoms with Crippen LogP contribution in [-0.4, -0.2) is 43.5 Å². The molecule has 1 aliphatic rings. The molecular formula is C24H23BrN6O2. The summed E-state index contributed by atoms with van der Waals surface area (Å²) in [6.07, 6.45) is 12.0. The monoisotopic (exact) mass is 506 g/mol. The van der Waals surface area contributed by atoms with Gasteiger partial charge in [-0.1, -0.05) is 6.07 Å². The Hall–Kier alpha value is -3.46. The fourth-order valence-electron chi connectivity index (χ4n) is 4.03. The van der Waals surface area contributed by atoms with E-state index in [2.05, 4.69) is 37.4 Å². The fourth-order valence-corrected chi connectivity index (χ4v) is 4.37. The molecule has 4 aromatic rings. The molecule has 0 radical (unpaired) electrons. The highest BCUT2D eigenvalue weighted by molar-refractivity contribution is 9.10. The van der Waals surface area contributed by atoms with E-state index in [9.17, 15) is 4.79 Å². The van der Waals surface area contributed by atoms with Crippen LogP contribution in [0.4, 0.5) is 5.82 Å². The Balaban J connectivity index is 1.29. The van der Waals surface area contributed by atoms with E-state index in [1.165, 1.54) is 0 Å². The molecule has 0 bridgehead atoms. The van der Waals surface area contributed by atoms with Gasteiger partial charge in [0.1, 0.15) is 11.6 Å². The van der Waals surface area contributed by atoms with E-state index < -0.39 is 0 Å². The van der Waals surface area contributed by atoms with Crippen molar-refractivity contribution in [3.8, 4) is 0 Å². The second-order valence-corrected chi connectivity index (χ2v) is 8.81. The summed E-state index contributed by atoms with van der Waals surface area (Å²) in [4.78, 5) is 23.5. The van der Waals surface area contributed by atoms with E-state index in [0.29, 0.717) is 25.4 Å². The number of amides is 1. The molecule has 1 amide bonds. The number of carbonyl (C=O) groups excluding carboxylic acids is 1. The number of hydrogen-bond acceptors (Lipinski definition) is 6. The van der Waals surface area contributed by atoms with Crippen molar-refractivity contribution in [1.82, 2.24) is 24.5 Å². The van der Waals surface area contributed by atoms with Crippen LogP contribution in [0, 0.1) is 0 Å². The second-order valence-electron chi connectivity index (χ2n) is 7.96. The van der Waals surface area contributed by atoms with Crippen molar-refractivity contribution in [2.24, 2.45) is 0 Å². The number of piperidine rings is 1. The SMILES string of the molecule is O=C(C=Cc1ccco1)N1CCC(c2cc(NCc3cccnc3)n3ncc(Br)c3n2)CC1. The quantitative estimate of drug-likeness (QED) is 0.387. The summed E-state index contributed by atoms with van der Waals surface area (Å²) in [5.41, 5.74) is 2.88. The van der Waals surface area contributed by atoms with Gasteiger partial charge in [-0.15, -0.1) is 0 Å². The van der Waals surface area contributed by atoms with Crippen LogP contribution in [0.2, 0.25) is 0 Å². The number of carbonyl (C=O) groups is 1. The molecular weight excluding hydrogens is 484 g/mol. The van der Waals surface area contributed by atoms with E-state index in [0.717, 1.165) is 40.0 Å². The minimum absolute atomic E-state index is 0.00521. The van der Waals surface area contributed by atoms with Crippen LogP contribution in [-0.2, 0) is 11.3 Å². The van der Waals surface area contributed by atoms with Crippen LogP contribution in [0.5, 0.6) is 0 Å². The van der Waals surface area contributed by atoms with Crippen molar-refractivity contribution < 1.29 is 9.21 Å². The molecule has 5 heterocycles. The van der Waals surface area contributed by atoms with E-state index >= 15 is 0 Å². The van der Waals surface area contributed by atoms with Crippen molar-refractivity contribution in [3.63, 3.8) is 0 Å². The summed E-state index contributed by atoms with van der Waals surface area (Å²) >= 11 is 3.57. The number of halogens is 1. The predicted molar refractivity (Wildman–Crippen MR) is 129 cm³/mol. The maximum absolute atomic E-state index is 12.5. The maximum atomic E-state index is 12.5. The molecule has 0 unspecified atom stereocenters. The molecule has 0 saturated carbocycles. The van der Waals surface area contributed by atoms with Gasteiger partial charge in [0.05, 0.1) is 16.9 Å². The Morgan fingerprint density at radius 2 is 2.12 bits per heavy atom. The van der Waals surface area contributed by atoms with Gasteiger partial charge in [0.15, 0.2) is 5.65 Å². The van der Waals surface area contributed by atoms with Crippen molar-refractivity contribution in [2.45, 2.75) is 25.3 Å². The van der Waals surface area contributed by atoms with Gasteiger partial charge in [0.2, 0.25) is 5.91 Å². The zero-order chi connectivity index (χ0) is 22.6. The molecule has 0 atom stereocenters. The van der Waals surface area contributed by atoms with E-state index in [-0.39, 0.29) is 11.8 Å². The van der Waals surface area contributed by atoms with Gasteiger partial charge in [-0.05, 0) is 58.6 Å². The lowest BCUT2D eigenvalue weighted by Gasteiger charge is -2.31. The molecule has 0 aliphatic carbocycles. The molecule has 0 spiro atoms. The van der Waals surface area contributed by atoms with Gasteiger partial charge in [-0.3, -0.25) is 9.78 Å². The number of anilines is 1. The summed E-state index contributed by atoms with van der Waals surface area (Å²) in [5.74, 6) is 1.83. The lowest BCUT2D eigenvalue weighted by Crippen LogP contribution is -2.37. The van der Waals surface area contributed by atoms with E-state index in [4.69, 9.17) is 9.40 Å². The molecule has 168 valence electrons. The first-order valence-corrected chi connectivity index (χ1v) is 11.6. The number of hydrogen-bond donors (Lipinski definition) is 1. The van der Waals surface area contributed by atoms with Crippen LogP contribution in [0.1, 0.15) is 35.8 Å². The number of nitrogens with zero attached hydrogens (tertiary/aromatic N) is 5. The first-order chi connectivity index (χ1) is 16.2. The zero-order valence-corrected chi connectivity index (χ0v) is 19.5. The summed E-state index contributed by atoms with van der Waals surface area (Å²) in [7, 11) is 0. The van der Waals surface area contributed by atoms with Gasteiger partial charge in [-0.25, -0.2) is 4.98 Å². The fraction of sp³-hybridized carbons (Fsp3) is 0.250. The second kappa shape index (κ2) is 9.58. The third-order valence-corrected chi connectivity index (χ3v) is 6.36. The highest BCUT2D eigenvalue weighted by Gasteiger charge is 2.25. The normalized spacial score (nSPS) is 14.9. The number of fused-ring (bicyclic) bond motifs is 1. The smallest absolute Gasteiger partial charge is 0.246 e. The number of likely N-dealkylation sites (tertiary alicyclic amines) is 1. The molecule has 8 nitrogen and oxygen atoms in total. The Morgan fingerprint density at radius 3 is 2.88 bits per heavy atom. The van der Waals surface area contributed by atoms with Crippen LogP contribution in [0.15, 0.2) is 70.2 Å². The van der Waals surface area contributed by atoms with Crippen LogP contribution < -0.4 is 5.32 Å². The predicted octanol–water partition coefficient (Wildman–Crippen LogP) is 4.51. The summed E-state index contributed by atoms with van der Waals surface area (Å²) in [6, 6.07) is 9.66. The van der Waals surface area contributed by atoms with Gasteiger partial charge in [0, 0.05) is 55.8 Å². The van der Waals surface area contributed by atoms with Crippen molar-refractivity contribution >= 4 is 39.4 Å². The van der Waals surface area contributed by atoms with E-state index in [1.54, 1.807) is 36.9 Å². The van der Waals surface area contributed by atoms with Gasteiger partial charge >= 0.3 is 0 Å². The van der Waals surface area contributed by atoms with Crippen LogP contribution in [0.25, 0.3) is 11.7 Å². The Bertz CT molecular complexity index is 1260. The van der Waals surface area contributed by atoms with Crippen LogP contribution in [0.3, 0.4) is 0 Å². The number of pyridine rings is 1. The molecule has 33 heavy (non-hydrogen) atoms. The summed E-state index contributed by atoms with van der Waals surface area (Å²) in [6.45, 7) is 2.02. The molecule has 1 aliphatic heterocycles. The molecule has 1 fully saturated rings. The minimum Gasteiger partial charge on any atom is -0.465 e. The van der Waals surface area contributed by atoms with Crippen LogP contribution >= 0.6 is 15.9 Å². The average molecular weight is 507 g/mol. The lowest BCUT2D eigenvalue weighted by molar-refractivity contribution is -0.127. The summed E-state index contributed by atoms with van der Waals surface area (Å²) < 4.78 is 7.92. The van der Waals surface area contributed by atoms with Gasteiger partial charge in [0.25, 0.3) is 0 Å². The third-order valence-electron chi connectivity index (χ3n) is 5.80. The maximum Gasteiger partial charge on any atom is 0.246 e. The van der Waals surface area contributed by atoms with Crippen molar-refractivity contribution in [1.29, 1.82) is 0 Å². The van der Waals surface area contributed by atoms with Crippen molar-refractivity contribution in [2.75, 3.05) is 18.4 Å². The Labute approximate surface area is 199 Å². The molecule has 0 aromatic carbocycles. The molecule has 4 aromatic heterocycles. The Kier molecular flexibility index (Phi) is 6.21. The summed E-state index contributed by atoms with van der Waals surface area (Å²) in [5, 5.41) is 7.93. The molecule has 1 N–H and O–H groups in total. The van der Waals surface area contributed by atoms with Gasteiger partial charge < -0.3 is 14.6 Å². The van der Waals surface area contributed by atoms with Crippen molar-refractivity contribution in [3.05, 3.63) is 82.8 Å². The molecule has 1 saturated heterocycles. The zero-order valence-electron chi connectivity index (χ0n) is 17.9. The standard InChI is InChI=1S/C24H23BrN6O2/c25-20-16-28-31-22(27-15-17-3-1-9-26-14-17)13-21(29-24(20)31)18-7-10-30(11-8-18)23(32)6-5-19-4-2-12-33-19/h1-6,9,12-14,16,18,27H,7-8,10-11,15H2. The number of nitrogens with one attached hydrogen (secondary N) is 1. The highest BCUT2D eigenvalue weighted by Crippen LogP contribution is 2.30. The first kappa shape index (κ1) is 21.4. The highest BCUT2D eigenvalue weighted by atomic mass is 79.9. The lowest BCUT2D eigenvalue weighted by atomic mass is 9.93. The largest absolute Gasteiger partial charge is 0.465 e. The molecule has 5 rings (SSSR count). The van der Waals surface area contributed by atoms with E-state index in [1.807, 2.05) is 33.8 Å². The number of aromatic nitrogens is 4. The van der Waals surface area contributed by atoms with Gasteiger partial charge in [-0.2, -0.15) is 9.61 Å². The number of furan rings is 1. The third kappa shape index (κ3) is 4.83. The topological polar surface area (TPSA) is 88.6 Å². The Morgan fingerprint density at radius 1 is 1.24 bits per heavy atom.